The molecule has 3 aromatic heterocycles. The molecule has 0 aliphatic heterocycles. The molecule has 2 aromatic carbocycles. The first kappa shape index (κ1) is 32.2. The van der Waals surface area contributed by atoms with Gasteiger partial charge >= 0.3 is 6.18 Å². The lowest BCUT2D eigenvalue weighted by molar-refractivity contribution is -0.178. The Labute approximate surface area is 261 Å². The molecule has 0 spiro atoms. The van der Waals surface area contributed by atoms with E-state index < -0.39 is 42.4 Å². The van der Waals surface area contributed by atoms with Gasteiger partial charge in [0.1, 0.15) is 17.3 Å². The predicted octanol–water partition coefficient (Wildman–Crippen LogP) is 8.85. The number of hydrogen-bond donors (Lipinski definition) is 1. The molecule has 0 fully saturated rings. The van der Waals surface area contributed by atoms with Crippen molar-refractivity contribution in [3.63, 3.8) is 0 Å². The number of thiophene rings is 1. The average Bonchev–Trinajstić information content (AvgIpc) is 3.45. The molecule has 11 heteroatoms. The molecule has 0 radical (unpaired) electrons. The zero-order chi connectivity index (χ0) is 32.0. The van der Waals surface area contributed by atoms with E-state index in [1.807, 2.05) is 24.4 Å². The number of nitrogens with one attached hydrogen (secondary N) is 1. The molecule has 0 aliphatic carbocycles. The maximum Gasteiger partial charge on any atom is 0.392 e. The van der Waals surface area contributed by atoms with Gasteiger partial charge in [0.25, 0.3) is 0 Å². The van der Waals surface area contributed by atoms with Crippen molar-refractivity contribution in [1.82, 2.24) is 15.3 Å². The maximum atomic E-state index is 15.2. The van der Waals surface area contributed by atoms with Crippen LogP contribution in [0.4, 0.5) is 22.0 Å². The quantitative estimate of drug-likeness (QED) is 0.103. The number of pyridine rings is 2. The lowest BCUT2D eigenvalue weighted by Crippen LogP contribution is -2.28. The van der Waals surface area contributed by atoms with Crippen molar-refractivity contribution in [2.75, 3.05) is 6.54 Å². The largest absolute Gasteiger partial charge is 0.453 e. The van der Waals surface area contributed by atoms with Gasteiger partial charge in [-0.15, -0.1) is 11.3 Å². The summed E-state index contributed by atoms with van der Waals surface area (Å²) < 4.78 is 76.4. The minimum absolute atomic E-state index is 0.0782. The van der Waals surface area contributed by atoms with E-state index in [0.717, 1.165) is 53.8 Å². The number of rotatable bonds is 13. The van der Waals surface area contributed by atoms with E-state index in [9.17, 15) is 22.4 Å². The molecular weight excluding hydrogens is 609 g/mol. The number of hydrogen-bond acceptors (Lipinski definition) is 6. The monoisotopic (exact) mass is 639 g/mol. The zero-order valence-electron chi connectivity index (χ0n) is 24.3. The molecule has 5 aromatic rings. The zero-order valence-corrected chi connectivity index (χ0v) is 25.2. The van der Waals surface area contributed by atoms with Crippen LogP contribution in [-0.2, 0) is 24.2 Å². The van der Waals surface area contributed by atoms with E-state index in [-0.39, 0.29) is 17.7 Å². The van der Waals surface area contributed by atoms with Crippen molar-refractivity contribution in [3.8, 4) is 22.1 Å². The molecule has 5 rings (SSSR count). The highest BCUT2D eigenvalue weighted by atomic mass is 32.1. The van der Waals surface area contributed by atoms with Crippen LogP contribution in [0.25, 0.3) is 20.8 Å². The third-order valence-electron chi connectivity index (χ3n) is 7.16. The number of benzene rings is 2. The van der Waals surface area contributed by atoms with Gasteiger partial charge in [0.2, 0.25) is 0 Å². The molecule has 0 amide bonds. The number of Topliss-reactive ketones (excluding diaryl/α,β-unsaturated/α-hetero) is 1. The molecule has 5 nitrogen and oxygen atoms in total. The lowest BCUT2D eigenvalue weighted by atomic mass is 9.91. The van der Waals surface area contributed by atoms with Gasteiger partial charge in [-0.05, 0) is 72.5 Å². The number of aromatic nitrogens is 2. The molecule has 0 saturated carbocycles. The Balaban J connectivity index is 1.28. The van der Waals surface area contributed by atoms with Crippen LogP contribution in [0.5, 0.6) is 11.5 Å². The SMILES string of the molecule is CCCNCc1ccc(-c2cc3nccc(Oc4ccc(CC(CC(=O)Cc5ccc(F)cc5)C(F)(F)F)cc4F)c3s2)nc1. The molecular formula is C34H30F5N3O2S. The number of carbonyl (C=O) groups is 1. The second kappa shape index (κ2) is 14.3. The Morgan fingerprint density at radius 2 is 1.69 bits per heavy atom. The Bertz CT molecular complexity index is 1760. The maximum absolute atomic E-state index is 15.2. The van der Waals surface area contributed by atoms with Crippen LogP contribution in [0.15, 0.2) is 79.1 Å². The number of carbonyl (C=O) groups excluding carboxylic acids is 1. The molecule has 0 saturated heterocycles. The Morgan fingerprint density at radius 3 is 2.38 bits per heavy atom. The number of halogens is 5. The summed E-state index contributed by atoms with van der Waals surface area (Å²) in [5.74, 6) is -3.78. The Morgan fingerprint density at radius 1 is 0.933 bits per heavy atom. The summed E-state index contributed by atoms with van der Waals surface area (Å²) in [6.45, 7) is 3.75. The molecule has 45 heavy (non-hydrogen) atoms. The number of nitrogens with zero attached hydrogens (tertiary/aromatic N) is 2. The summed E-state index contributed by atoms with van der Waals surface area (Å²) in [6, 6.07) is 16.1. The van der Waals surface area contributed by atoms with Crippen molar-refractivity contribution >= 4 is 27.3 Å². The fourth-order valence-corrected chi connectivity index (χ4v) is 5.89. The van der Waals surface area contributed by atoms with E-state index in [4.69, 9.17) is 4.74 Å². The van der Waals surface area contributed by atoms with E-state index in [1.165, 1.54) is 41.8 Å². The number of alkyl halides is 3. The molecule has 1 N–H and O–H groups in total. The Kier molecular flexibility index (Phi) is 10.2. The third kappa shape index (κ3) is 8.49. The summed E-state index contributed by atoms with van der Waals surface area (Å²) in [4.78, 5) is 22.2. The second-order valence-corrected chi connectivity index (χ2v) is 11.8. The molecule has 0 aliphatic rings. The minimum atomic E-state index is -4.68. The summed E-state index contributed by atoms with van der Waals surface area (Å²) >= 11 is 1.39. The lowest BCUT2D eigenvalue weighted by Gasteiger charge is -2.20. The fraction of sp³-hybridized carbons (Fsp3) is 0.265. The van der Waals surface area contributed by atoms with Crippen LogP contribution < -0.4 is 10.1 Å². The first-order valence-corrected chi connectivity index (χ1v) is 15.2. The smallest absolute Gasteiger partial charge is 0.392 e. The highest BCUT2D eigenvalue weighted by molar-refractivity contribution is 7.22. The number of ketones is 1. The van der Waals surface area contributed by atoms with Gasteiger partial charge in [-0.3, -0.25) is 14.8 Å². The fourth-order valence-electron chi connectivity index (χ4n) is 4.84. The van der Waals surface area contributed by atoms with Gasteiger partial charge in [0, 0.05) is 37.8 Å². The van der Waals surface area contributed by atoms with Crippen molar-refractivity contribution in [2.24, 2.45) is 5.92 Å². The Hall–Kier alpha value is -4.22. The van der Waals surface area contributed by atoms with Crippen LogP contribution in [0, 0.1) is 17.6 Å². The van der Waals surface area contributed by atoms with Crippen LogP contribution >= 0.6 is 11.3 Å². The van der Waals surface area contributed by atoms with Crippen LogP contribution in [0.1, 0.15) is 36.5 Å². The first-order chi connectivity index (χ1) is 21.6. The van der Waals surface area contributed by atoms with Crippen molar-refractivity contribution in [1.29, 1.82) is 0 Å². The summed E-state index contributed by atoms with van der Waals surface area (Å²) in [7, 11) is 0. The highest BCUT2D eigenvalue weighted by Gasteiger charge is 2.40. The number of ether oxygens (including phenoxy) is 1. The van der Waals surface area contributed by atoms with Crippen LogP contribution in [0.3, 0.4) is 0 Å². The van der Waals surface area contributed by atoms with Crippen molar-refractivity contribution in [2.45, 2.75) is 45.3 Å². The predicted molar refractivity (Wildman–Crippen MR) is 164 cm³/mol. The van der Waals surface area contributed by atoms with Gasteiger partial charge in [-0.2, -0.15) is 13.2 Å². The molecule has 1 atom stereocenters. The molecule has 3 heterocycles. The summed E-state index contributed by atoms with van der Waals surface area (Å²) in [5, 5.41) is 3.34. The minimum Gasteiger partial charge on any atom is -0.453 e. The van der Waals surface area contributed by atoms with Crippen molar-refractivity contribution in [3.05, 3.63) is 107 Å². The van der Waals surface area contributed by atoms with Crippen LogP contribution in [-0.4, -0.2) is 28.5 Å². The van der Waals surface area contributed by atoms with Gasteiger partial charge in [-0.1, -0.05) is 31.2 Å². The van der Waals surface area contributed by atoms with E-state index in [0.29, 0.717) is 21.5 Å². The summed E-state index contributed by atoms with van der Waals surface area (Å²) in [6.07, 6.45) is -1.89. The highest BCUT2D eigenvalue weighted by Crippen LogP contribution is 2.39. The van der Waals surface area contributed by atoms with E-state index in [2.05, 4.69) is 22.2 Å². The van der Waals surface area contributed by atoms with Crippen molar-refractivity contribution < 1.29 is 31.5 Å². The molecule has 0 bridgehead atoms. The average molecular weight is 640 g/mol. The van der Waals surface area contributed by atoms with Gasteiger partial charge < -0.3 is 10.1 Å². The van der Waals surface area contributed by atoms with E-state index >= 15 is 4.39 Å². The third-order valence-corrected chi connectivity index (χ3v) is 8.32. The van der Waals surface area contributed by atoms with Gasteiger partial charge in [-0.25, -0.2) is 8.78 Å². The van der Waals surface area contributed by atoms with Gasteiger partial charge in [0.15, 0.2) is 11.6 Å². The molecule has 1 unspecified atom stereocenters. The topological polar surface area (TPSA) is 64.1 Å². The molecule has 234 valence electrons. The first-order valence-electron chi connectivity index (χ1n) is 14.4. The van der Waals surface area contributed by atoms with Crippen LogP contribution in [0.2, 0.25) is 0 Å². The van der Waals surface area contributed by atoms with Gasteiger partial charge in [0.05, 0.1) is 26.7 Å². The normalized spacial score (nSPS) is 12.4. The second-order valence-electron chi connectivity index (χ2n) is 10.7. The van der Waals surface area contributed by atoms with E-state index in [1.54, 1.807) is 6.07 Å². The standard InChI is InChI=1S/C34H30F5N3O2S/c1-2-12-40-19-23-5-9-28(42-20-23)32-18-29-33(45-32)31(11-13-41-29)44-30-10-6-22(16-27(30)36)14-24(34(37,38)39)17-26(43)15-21-3-7-25(35)8-4-21/h3-11,13,16,18,20,24,40H,2,12,14-15,17,19H2,1H3. The number of fused-ring (bicyclic) bond motifs is 1. The summed E-state index contributed by atoms with van der Waals surface area (Å²) in [5.41, 5.74) is 2.96.